The highest BCUT2D eigenvalue weighted by atomic mass is 28.4. The summed E-state index contributed by atoms with van der Waals surface area (Å²) in [6.07, 6.45) is 8.13. The Morgan fingerprint density at radius 2 is 1.48 bits per heavy atom. The molecular formula is C27H52O3Si. The number of rotatable bonds is 10. The van der Waals surface area contributed by atoms with Gasteiger partial charge in [-0.2, -0.15) is 0 Å². The van der Waals surface area contributed by atoms with Gasteiger partial charge in [-0.3, -0.25) is 0 Å². The third kappa shape index (κ3) is 5.50. The fourth-order valence-corrected chi connectivity index (χ4v) is 12.9. The molecule has 0 saturated heterocycles. The van der Waals surface area contributed by atoms with Gasteiger partial charge in [-0.1, -0.05) is 73.0 Å². The second-order valence-corrected chi connectivity index (χ2v) is 17.3. The van der Waals surface area contributed by atoms with Gasteiger partial charge in [-0.05, 0) is 63.1 Å². The summed E-state index contributed by atoms with van der Waals surface area (Å²) in [5.41, 5.74) is 3.07. The molecule has 4 heteroatoms. The van der Waals surface area contributed by atoms with E-state index in [9.17, 15) is 5.11 Å². The summed E-state index contributed by atoms with van der Waals surface area (Å²) >= 11 is 0. The van der Waals surface area contributed by atoms with E-state index in [-0.39, 0.29) is 29.8 Å². The van der Waals surface area contributed by atoms with Crippen LogP contribution in [0.1, 0.15) is 107 Å². The summed E-state index contributed by atoms with van der Waals surface area (Å²) in [6.45, 7) is 25.0. The average Bonchev–Trinajstić information content (AvgIpc) is 2.91. The Morgan fingerprint density at radius 3 is 1.90 bits per heavy atom. The number of hydrogen-bond acceptors (Lipinski definition) is 3. The minimum atomic E-state index is -2.02. The first-order valence-electron chi connectivity index (χ1n) is 13.0. The zero-order chi connectivity index (χ0) is 23.6. The SMILES string of the molecule is C=C(C)C1C[C@H](O[C@H](C)C[C@H](C)O)C2(CCCCC2)[C@@H]1O[Si](C(C)C)(C(C)C)C(C)C. The molecule has 5 atom stereocenters. The van der Waals surface area contributed by atoms with Crippen LogP contribution in [0.4, 0.5) is 0 Å². The standard InChI is InChI=1S/C27H52O3Si/c1-18(2)24-17-25(29-23(10)16-22(9)28)27(14-12-11-13-15-27)26(24)30-31(19(3)4,20(5)6)21(7)8/h19-26,28H,1,11-17H2,2-10H3/t22-,23+,24?,25-,26+/m0/s1. The molecule has 1 unspecified atom stereocenters. The van der Waals surface area contributed by atoms with Crippen molar-refractivity contribution >= 4 is 8.32 Å². The quantitative estimate of drug-likeness (QED) is 0.273. The van der Waals surface area contributed by atoms with Crippen LogP contribution in [0.5, 0.6) is 0 Å². The number of aliphatic hydroxyl groups is 1. The van der Waals surface area contributed by atoms with Crippen molar-refractivity contribution < 1.29 is 14.3 Å². The van der Waals surface area contributed by atoms with E-state index in [1.54, 1.807) is 0 Å². The summed E-state index contributed by atoms with van der Waals surface area (Å²) in [4.78, 5) is 0. The van der Waals surface area contributed by atoms with Crippen LogP contribution >= 0.6 is 0 Å². The summed E-state index contributed by atoms with van der Waals surface area (Å²) in [6, 6.07) is 0. The van der Waals surface area contributed by atoms with Gasteiger partial charge in [0.25, 0.3) is 0 Å². The van der Waals surface area contributed by atoms with E-state index >= 15 is 0 Å². The van der Waals surface area contributed by atoms with Crippen LogP contribution in [0, 0.1) is 11.3 Å². The van der Waals surface area contributed by atoms with Crippen LogP contribution in [-0.2, 0) is 9.16 Å². The molecule has 2 saturated carbocycles. The molecule has 1 spiro atoms. The van der Waals surface area contributed by atoms with Gasteiger partial charge in [0.2, 0.25) is 8.32 Å². The molecule has 2 fully saturated rings. The van der Waals surface area contributed by atoms with E-state index in [1.165, 1.54) is 37.7 Å². The first-order valence-corrected chi connectivity index (χ1v) is 15.2. The van der Waals surface area contributed by atoms with Gasteiger partial charge in [-0.25, -0.2) is 0 Å². The van der Waals surface area contributed by atoms with E-state index in [0.717, 1.165) is 6.42 Å². The molecule has 0 radical (unpaired) electrons. The monoisotopic (exact) mass is 452 g/mol. The molecule has 31 heavy (non-hydrogen) atoms. The summed E-state index contributed by atoms with van der Waals surface area (Å²) < 4.78 is 14.3. The van der Waals surface area contributed by atoms with E-state index < -0.39 is 8.32 Å². The zero-order valence-electron chi connectivity index (χ0n) is 22.0. The Bertz CT molecular complexity index is 555. The van der Waals surface area contributed by atoms with E-state index in [2.05, 4.69) is 62.0 Å². The zero-order valence-corrected chi connectivity index (χ0v) is 23.0. The van der Waals surface area contributed by atoms with Crippen molar-refractivity contribution in [3.8, 4) is 0 Å². The Kier molecular flexibility index (Phi) is 9.47. The highest BCUT2D eigenvalue weighted by Crippen LogP contribution is 2.58. The van der Waals surface area contributed by atoms with Crippen molar-refractivity contribution in [2.75, 3.05) is 0 Å². The van der Waals surface area contributed by atoms with Crippen molar-refractivity contribution in [2.24, 2.45) is 11.3 Å². The highest BCUT2D eigenvalue weighted by Gasteiger charge is 2.60. The average molecular weight is 453 g/mol. The van der Waals surface area contributed by atoms with Crippen molar-refractivity contribution in [2.45, 2.75) is 148 Å². The van der Waals surface area contributed by atoms with Crippen LogP contribution in [0.25, 0.3) is 0 Å². The van der Waals surface area contributed by atoms with Gasteiger partial charge in [0.15, 0.2) is 0 Å². The lowest BCUT2D eigenvalue weighted by Crippen LogP contribution is -2.55. The maximum Gasteiger partial charge on any atom is 0.200 e. The van der Waals surface area contributed by atoms with Crippen molar-refractivity contribution in [1.82, 2.24) is 0 Å². The van der Waals surface area contributed by atoms with Gasteiger partial charge < -0.3 is 14.3 Å². The van der Waals surface area contributed by atoms with Crippen LogP contribution in [0.2, 0.25) is 16.6 Å². The van der Waals surface area contributed by atoms with Crippen molar-refractivity contribution in [3.63, 3.8) is 0 Å². The normalized spacial score (nSPS) is 28.6. The predicted octanol–water partition coefficient (Wildman–Crippen LogP) is 7.64. The summed E-state index contributed by atoms with van der Waals surface area (Å²) in [5.74, 6) is 0.366. The second-order valence-electron chi connectivity index (χ2n) is 11.9. The molecule has 2 rings (SSSR count). The molecule has 2 aliphatic rings. The van der Waals surface area contributed by atoms with Gasteiger partial charge in [0, 0.05) is 11.3 Å². The molecule has 0 bridgehead atoms. The van der Waals surface area contributed by atoms with E-state index in [0.29, 0.717) is 29.0 Å². The van der Waals surface area contributed by atoms with Crippen LogP contribution < -0.4 is 0 Å². The third-order valence-electron chi connectivity index (χ3n) is 8.57. The van der Waals surface area contributed by atoms with Gasteiger partial charge in [0.05, 0.1) is 24.4 Å². The Labute approximate surface area is 194 Å². The molecule has 0 heterocycles. The molecule has 0 aromatic heterocycles. The third-order valence-corrected chi connectivity index (χ3v) is 14.6. The minimum Gasteiger partial charge on any atom is -0.412 e. The smallest absolute Gasteiger partial charge is 0.200 e. The molecule has 0 aliphatic heterocycles. The Morgan fingerprint density at radius 1 is 0.968 bits per heavy atom. The topological polar surface area (TPSA) is 38.7 Å². The molecular weight excluding hydrogens is 400 g/mol. The molecule has 3 nitrogen and oxygen atoms in total. The summed E-state index contributed by atoms with van der Waals surface area (Å²) in [5, 5.41) is 9.91. The minimum absolute atomic E-state index is 0.0654. The fourth-order valence-electron chi connectivity index (χ4n) is 7.28. The van der Waals surface area contributed by atoms with Gasteiger partial charge >= 0.3 is 0 Å². The van der Waals surface area contributed by atoms with Gasteiger partial charge in [-0.15, -0.1) is 0 Å². The largest absolute Gasteiger partial charge is 0.412 e. The van der Waals surface area contributed by atoms with Gasteiger partial charge in [0.1, 0.15) is 0 Å². The fraction of sp³-hybridized carbons (Fsp3) is 0.926. The molecule has 0 aromatic rings. The molecule has 1 N–H and O–H groups in total. The lowest BCUT2D eigenvalue weighted by molar-refractivity contribution is -0.112. The molecule has 0 amide bonds. The second kappa shape index (κ2) is 10.8. The molecule has 182 valence electrons. The number of aliphatic hydroxyl groups excluding tert-OH is 1. The first kappa shape index (κ1) is 27.1. The van der Waals surface area contributed by atoms with Crippen LogP contribution in [0.15, 0.2) is 12.2 Å². The first-order chi connectivity index (χ1) is 14.4. The maximum absolute atomic E-state index is 9.91. The predicted molar refractivity (Wildman–Crippen MR) is 135 cm³/mol. The van der Waals surface area contributed by atoms with Crippen LogP contribution in [0.3, 0.4) is 0 Å². The lowest BCUT2D eigenvalue weighted by atomic mass is 9.69. The highest BCUT2D eigenvalue weighted by molar-refractivity contribution is 6.77. The molecule has 0 aromatic carbocycles. The van der Waals surface area contributed by atoms with Crippen molar-refractivity contribution in [1.29, 1.82) is 0 Å². The Hall–Kier alpha value is -0.163. The van der Waals surface area contributed by atoms with Crippen LogP contribution in [-0.4, -0.2) is 37.8 Å². The number of hydrogen-bond donors (Lipinski definition) is 1. The van der Waals surface area contributed by atoms with E-state index in [1.807, 2.05) is 6.92 Å². The number of ether oxygens (including phenoxy) is 1. The van der Waals surface area contributed by atoms with Crippen molar-refractivity contribution in [3.05, 3.63) is 12.2 Å². The lowest BCUT2D eigenvalue weighted by Gasteiger charge is -2.51. The van der Waals surface area contributed by atoms with E-state index in [4.69, 9.17) is 9.16 Å². The molecule has 2 aliphatic carbocycles. The maximum atomic E-state index is 9.91. The summed E-state index contributed by atoms with van der Waals surface area (Å²) in [7, 11) is -2.02. The Balaban J connectivity index is 2.48.